The molecule has 3 rings (SSSR count). The highest BCUT2D eigenvalue weighted by atomic mass is 16.4. The van der Waals surface area contributed by atoms with E-state index in [-0.39, 0.29) is 5.91 Å². The highest BCUT2D eigenvalue weighted by molar-refractivity contribution is 5.94. The third-order valence-electron chi connectivity index (χ3n) is 4.68. The summed E-state index contributed by atoms with van der Waals surface area (Å²) in [6.07, 6.45) is 2.58. The molecule has 0 bridgehead atoms. The molecule has 2 aromatic rings. The molecule has 1 saturated heterocycles. The van der Waals surface area contributed by atoms with E-state index in [0.29, 0.717) is 11.5 Å². The number of likely N-dealkylation sites (tertiary alicyclic amines) is 1. The Morgan fingerprint density at radius 1 is 0.958 bits per heavy atom. The van der Waals surface area contributed by atoms with E-state index in [2.05, 4.69) is 0 Å². The van der Waals surface area contributed by atoms with E-state index in [1.54, 1.807) is 12.1 Å². The van der Waals surface area contributed by atoms with Crippen LogP contribution in [0.1, 0.15) is 39.1 Å². The first-order valence-electron chi connectivity index (χ1n) is 8.30. The quantitative estimate of drug-likeness (QED) is 0.937. The van der Waals surface area contributed by atoms with Gasteiger partial charge in [-0.15, -0.1) is 0 Å². The normalized spacial score (nSPS) is 15.2. The SMILES string of the molecule is O=C(O)c1ccccc1CC1CCN(C(=O)c2ccccc2)CC1. The van der Waals surface area contributed by atoms with E-state index in [9.17, 15) is 14.7 Å². The highest BCUT2D eigenvalue weighted by Crippen LogP contribution is 2.24. The average molecular weight is 323 g/mol. The van der Waals surface area contributed by atoms with Crippen LogP contribution in [-0.4, -0.2) is 35.0 Å². The van der Waals surface area contributed by atoms with E-state index in [1.807, 2.05) is 47.4 Å². The lowest BCUT2D eigenvalue weighted by Crippen LogP contribution is -2.39. The number of benzene rings is 2. The molecular weight excluding hydrogens is 302 g/mol. The lowest BCUT2D eigenvalue weighted by molar-refractivity contribution is 0.0690. The van der Waals surface area contributed by atoms with Gasteiger partial charge in [-0.25, -0.2) is 4.79 Å². The van der Waals surface area contributed by atoms with E-state index in [0.717, 1.165) is 43.5 Å². The lowest BCUT2D eigenvalue weighted by atomic mass is 9.88. The highest BCUT2D eigenvalue weighted by Gasteiger charge is 2.24. The van der Waals surface area contributed by atoms with Crippen LogP contribution in [0.5, 0.6) is 0 Å². The Labute approximate surface area is 141 Å². The van der Waals surface area contributed by atoms with E-state index in [4.69, 9.17) is 0 Å². The molecule has 1 aliphatic rings. The Bertz CT molecular complexity index is 719. The number of carboxylic acids is 1. The van der Waals surface area contributed by atoms with Gasteiger partial charge in [0, 0.05) is 18.7 Å². The third kappa shape index (κ3) is 3.65. The maximum absolute atomic E-state index is 12.5. The maximum atomic E-state index is 12.5. The molecule has 0 aliphatic carbocycles. The topological polar surface area (TPSA) is 57.6 Å². The van der Waals surface area contributed by atoms with Gasteiger partial charge in [0.05, 0.1) is 5.56 Å². The fourth-order valence-corrected chi connectivity index (χ4v) is 3.32. The molecule has 2 aromatic carbocycles. The van der Waals surface area contributed by atoms with Crippen LogP contribution >= 0.6 is 0 Å². The molecule has 1 aliphatic heterocycles. The fraction of sp³-hybridized carbons (Fsp3) is 0.300. The van der Waals surface area contributed by atoms with Crippen LogP contribution in [0.3, 0.4) is 0 Å². The zero-order chi connectivity index (χ0) is 16.9. The number of carbonyl (C=O) groups excluding carboxylic acids is 1. The first-order valence-corrected chi connectivity index (χ1v) is 8.30. The van der Waals surface area contributed by atoms with Crippen molar-refractivity contribution in [3.05, 3.63) is 71.3 Å². The van der Waals surface area contributed by atoms with Crippen LogP contribution in [0.25, 0.3) is 0 Å². The molecule has 24 heavy (non-hydrogen) atoms. The van der Waals surface area contributed by atoms with Crippen molar-refractivity contribution in [2.75, 3.05) is 13.1 Å². The van der Waals surface area contributed by atoms with Crippen LogP contribution in [0.2, 0.25) is 0 Å². The molecule has 1 fully saturated rings. The third-order valence-corrected chi connectivity index (χ3v) is 4.68. The number of hydrogen-bond donors (Lipinski definition) is 1. The van der Waals surface area contributed by atoms with Crippen LogP contribution in [0, 0.1) is 5.92 Å². The van der Waals surface area contributed by atoms with Crippen LogP contribution < -0.4 is 0 Å². The number of carboxylic acid groups (broad SMARTS) is 1. The second-order valence-corrected chi connectivity index (χ2v) is 6.27. The number of rotatable bonds is 4. The molecular formula is C20H21NO3. The summed E-state index contributed by atoms with van der Waals surface area (Å²) in [4.78, 5) is 25.7. The van der Waals surface area contributed by atoms with Crippen molar-refractivity contribution < 1.29 is 14.7 Å². The fourth-order valence-electron chi connectivity index (χ4n) is 3.32. The maximum Gasteiger partial charge on any atom is 0.335 e. The van der Waals surface area contributed by atoms with Crippen molar-refractivity contribution in [1.82, 2.24) is 4.90 Å². The lowest BCUT2D eigenvalue weighted by Gasteiger charge is -2.32. The summed E-state index contributed by atoms with van der Waals surface area (Å²) in [7, 11) is 0. The summed E-state index contributed by atoms with van der Waals surface area (Å²) >= 11 is 0. The van der Waals surface area contributed by atoms with Crippen molar-refractivity contribution in [3.8, 4) is 0 Å². The second-order valence-electron chi connectivity index (χ2n) is 6.27. The van der Waals surface area contributed by atoms with Gasteiger partial charge in [0.15, 0.2) is 0 Å². The van der Waals surface area contributed by atoms with Crippen molar-refractivity contribution in [3.63, 3.8) is 0 Å². The molecule has 0 atom stereocenters. The van der Waals surface area contributed by atoms with Crippen LogP contribution in [0.4, 0.5) is 0 Å². The van der Waals surface area contributed by atoms with Crippen molar-refractivity contribution >= 4 is 11.9 Å². The number of nitrogens with zero attached hydrogens (tertiary/aromatic N) is 1. The van der Waals surface area contributed by atoms with Gasteiger partial charge >= 0.3 is 5.97 Å². The number of hydrogen-bond acceptors (Lipinski definition) is 2. The van der Waals surface area contributed by atoms with Gasteiger partial charge in [-0.3, -0.25) is 4.79 Å². The van der Waals surface area contributed by atoms with Crippen LogP contribution in [0.15, 0.2) is 54.6 Å². The van der Waals surface area contributed by atoms with E-state index in [1.165, 1.54) is 0 Å². The Morgan fingerprint density at radius 2 is 1.58 bits per heavy atom. The summed E-state index contributed by atoms with van der Waals surface area (Å²) in [6, 6.07) is 16.5. The number of aromatic carboxylic acids is 1. The molecule has 1 N–H and O–H groups in total. The summed E-state index contributed by atoms with van der Waals surface area (Å²) in [6.45, 7) is 1.46. The smallest absolute Gasteiger partial charge is 0.335 e. The number of amides is 1. The molecule has 4 nitrogen and oxygen atoms in total. The van der Waals surface area contributed by atoms with Gasteiger partial charge in [-0.05, 0) is 48.9 Å². The molecule has 0 aromatic heterocycles. The minimum absolute atomic E-state index is 0.0833. The molecule has 0 radical (unpaired) electrons. The van der Waals surface area contributed by atoms with Gasteiger partial charge in [-0.2, -0.15) is 0 Å². The molecule has 1 heterocycles. The average Bonchev–Trinajstić information content (AvgIpc) is 2.63. The zero-order valence-corrected chi connectivity index (χ0v) is 13.5. The molecule has 124 valence electrons. The standard InChI is InChI=1S/C20H21NO3/c22-19(16-6-2-1-3-7-16)21-12-10-15(11-13-21)14-17-8-4-5-9-18(17)20(23)24/h1-9,15H,10-14H2,(H,23,24). The molecule has 0 unspecified atom stereocenters. The first kappa shape index (κ1) is 16.2. The number of carbonyl (C=O) groups is 2. The largest absolute Gasteiger partial charge is 0.478 e. The van der Waals surface area contributed by atoms with Crippen LogP contribution in [-0.2, 0) is 6.42 Å². The van der Waals surface area contributed by atoms with Gasteiger partial charge in [-0.1, -0.05) is 36.4 Å². The Hall–Kier alpha value is -2.62. The van der Waals surface area contributed by atoms with Crippen molar-refractivity contribution in [2.24, 2.45) is 5.92 Å². The minimum Gasteiger partial charge on any atom is -0.478 e. The minimum atomic E-state index is -0.873. The predicted octanol–water partition coefficient (Wildman–Crippen LogP) is 3.48. The summed E-state index contributed by atoms with van der Waals surface area (Å²) in [5.74, 6) is -0.368. The van der Waals surface area contributed by atoms with Crippen molar-refractivity contribution in [2.45, 2.75) is 19.3 Å². The van der Waals surface area contributed by atoms with Gasteiger partial charge in [0.25, 0.3) is 5.91 Å². The summed E-state index contributed by atoms with van der Waals surface area (Å²) in [5, 5.41) is 9.28. The van der Waals surface area contributed by atoms with Gasteiger partial charge in [0.2, 0.25) is 0 Å². The number of piperidine rings is 1. The second kappa shape index (κ2) is 7.30. The first-order chi connectivity index (χ1) is 11.6. The predicted molar refractivity (Wildman–Crippen MR) is 92.2 cm³/mol. The van der Waals surface area contributed by atoms with Gasteiger partial charge < -0.3 is 10.0 Å². The monoisotopic (exact) mass is 323 g/mol. The molecule has 1 amide bonds. The summed E-state index contributed by atoms with van der Waals surface area (Å²) < 4.78 is 0. The molecule has 0 spiro atoms. The van der Waals surface area contributed by atoms with E-state index < -0.39 is 5.97 Å². The van der Waals surface area contributed by atoms with Crippen molar-refractivity contribution in [1.29, 1.82) is 0 Å². The zero-order valence-electron chi connectivity index (χ0n) is 13.5. The Morgan fingerprint density at radius 3 is 2.25 bits per heavy atom. The molecule has 4 heteroatoms. The molecule has 0 saturated carbocycles. The Balaban J connectivity index is 1.60. The van der Waals surface area contributed by atoms with Gasteiger partial charge in [0.1, 0.15) is 0 Å². The Kier molecular flexibility index (Phi) is 4.94. The van der Waals surface area contributed by atoms with E-state index >= 15 is 0 Å². The summed E-state index contributed by atoms with van der Waals surface area (Å²) in [5.41, 5.74) is 2.00.